The number of carboxylic acid groups (broad SMARTS) is 1. The number of hydrogen-bond acceptors (Lipinski definition) is 4. The third-order valence-electron chi connectivity index (χ3n) is 4.79. The number of nitrogens with zero attached hydrogens (tertiary/aromatic N) is 1. The van der Waals surface area contributed by atoms with Crippen molar-refractivity contribution in [3.8, 4) is 0 Å². The second-order valence-electron chi connectivity index (χ2n) is 9.08. The zero-order valence-corrected chi connectivity index (χ0v) is 19.2. The first kappa shape index (κ1) is 27.9. The number of halogens is 3. The van der Waals surface area contributed by atoms with Crippen LogP contribution in [-0.2, 0) is 27.1 Å². The Balaban J connectivity index is 2.11. The number of carbonyl (C=O) groups is 2. The van der Waals surface area contributed by atoms with Crippen LogP contribution in [-0.4, -0.2) is 56.7 Å². The molecule has 0 aliphatic rings. The number of carbonyl (C=O) groups excluding carboxylic acids is 2. The molecular weight excluding hydrogens is 425 g/mol. The van der Waals surface area contributed by atoms with E-state index in [0.29, 0.717) is 29.6 Å². The van der Waals surface area contributed by atoms with E-state index >= 15 is 0 Å². The number of ether oxygens (including phenoxy) is 1. The van der Waals surface area contributed by atoms with Crippen molar-refractivity contribution < 1.29 is 37.1 Å². The molecule has 0 fully saturated rings. The fourth-order valence-electron chi connectivity index (χ4n) is 3.32. The van der Waals surface area contributed by atoms with Gasteiger partial charge in [0.25, 0.3) is 0 Å². The average molecular weight is 461 g/mol. The molecule has 6 nitrogen and oxygen atoms in total. The molecule has 1 aromatic rings. The highest BCUT2D eigenvalue weighted by atomic mass is 19.4. The molecule has 1 atom stereocenters. The maximum Gasteiger partial charge on any atom is 0.416 e. The van der Waals surface area contributed by atoms with Crippen molar-refractivity contribution in [1.29, 1.82) is 0 Å². The number of quaternary nitrogens is 1. The topological polar surface area (TPSA) is 78.5 Å². The lowest BCUT2D eigenvalue weighted by atomic mass is 10.1. The first-order valence-corrected chi connectivity index (χ1v) is 10.9. The molecule has 9 heteroatoms. The van der Waals surface area contributed by atoms with Crippen LogP contribution in [0, 0.1) is 0 Å². The molecule has 0 spiro atoms. The summed E-state index contributed by atoms with van der Waals surface area (Å²) in [4.78, 5) is 23.0. The summed E-state index contributed by atoms with van der Waals surface area (Å²) in [5.41, 5.74) is 0.0315. The lowest BCUT2D eigenvalue weighted by Gasteiger charge is -2.30. The van der Waals surface area contributed by atoms with E-state index in [1.165, 1.54) is 12.1 Å². The summed E-state index contributed by atoms with van der Waals surface area (Å²) in [7, 11) is 5.80. The first-order valence-electron chi connectivity index (χ1n) is 10.9. The van der Waals surface area contributed by atoms with Crippen LogP contribution < -0.4 is 10.4 Å². The number of carboxylic acids is 1. The normalized spacial score (nSPS) is 13.1. The Morgan fingerprint density at radius 1 is 1.03 bits per heavy atom. The summed E-state index contributed by atoms with van der Waals surface area (Å²) < 4.78 is 43.6. The number of unbranched alkanes of at least 4 members (excludes halogenated alkanes) is 4. The van der Waals surface area contributed by atoms with Crippen LogP contribution in [0.5, 0.6) is 0 Å². The van der Waals surface area contributed by atoms with Crippen molar-refractivity contribution in [1.82, 2.24) is 5.32 Å². The van der Waals surface area contributed by atoms with Crippen molar-refractivity contribution in [2.45, 2.75) is 63.8 Å². The molecule has 0 saturated heterocycles. The van der Waals surface area contributed by atoms with E-state index in [1.807, 2.05) is 21.1 Å². The third kappa shape index (κ3) is 13.3. The monoisotopic (exact) mass is 460 g/mol. The van der Waals surface area contributed by atoms with Gasteiger partial charge in [0.2, 0.25) is 5.91 Å². The lowest BCUT2D eigenvalue weighted by molar-refractivity contribution is -0.871. The Morgan fingerprint density at radius 3 is 2.19 bits per heavy atom. The third-order valence-corrected chi connectivity index (χ3v) is 4.79. The Hall–Kier alpha value is -2.13. The zero-order chi connectivity index (χ0) is 24.2. The van der Waals surface area contributed by atoms with Crippen molar-refractivity contribution >= 4 is 11.9 Å². The van der Waals surface area contributed by atoms with Crippen LogP contribution in [0.1, 0.15) is 56.1 Å². The van der Waals surface area contributed by atoms with Crippen LogP contribution in [0.4, 0.5) is 13.2 Å². The Kier molecular flexibility index (Phi) is 11.7. The van der Waals surface area contributed by atoms with E-state index in [-0.39, 0.29) is 18.9 Å². The number of aliphatic carboxylic acids is 1. The van der Waals surface area contributed by atoms with Gasteiger partial charge in [-0.15, -0.1) is 0 Å². The zero-order valence-electron chi connectivity index (χ0n) is 19.2. The van der Waals surface area contributed by atoms with Gasteiger partial charge in [-0.2, -0.15) is 13.2 Å². The fourth-order valence-corrected chi connectivity index (χ4v) is 3.32. The number of alkyl halides is 3. The van der Waals surface area contributed by atoms with Crippen molar-refractivity contribution in [3.05, 3.63) is 35.4 Å². The van der Waals surface area contributed by atoms with Crippen molar-refractivity contribution in [2.75, 3.05) is 34.3 Å². The number of nitrogens with one attached hydrogen (secondary N) is 1. The van der Waals surface area contributed by atoms with Crippen LogP contribution in [0.15, 0.2) is 24.3 Å². The van der Waals surface area contributed by atoms with Gasteiger partial charge in [0.05, 0.1) is 45.9 Å². The molecule has 0 heterocycles. The number of amides is 1. The molecule has 1 unspecified atom stereocenters. The minimum absolute atomic E-state index is 0.149. The van der Waals surface area contributed by atoms with Gasteiger partial charge in [0.1, 0.15) is 0 Å². The van der Waals surface area contributed by atoms with Gasteiger partial charge in [-0.1, -0.05) is 31.4 Å². The summed E-state index contributed by atoms with van der Waals surface area (Å²) in [6, 6.07) is 4.50. The molecule has 1 N–H and O–H groups in total. The van der Waals surface area contributed by atoms with Crippen LogP contribution in [0.3, 0.4) is 0 Å². The standard InChI is InChI=1S/C23H35F3N2O4/c1-28(2,3)16-20(15-22(30)31)27-21(29)9-7-5-4-6-8-14-32-17-18-10-12-19(13-11-18)23(24,25)26/h10-13,20H,4-9,14-17H2,1-3H3,(H-,27,29,30,31). The smallest absolute Gasteiger partial charge is 0.416 e. The molecule has 0 aliphatic heterocycles. The maximum atomic E-state index is 12.5. The summed E-state index contributed by atoms with van der Waals surface area (Å²) >= 11 is 0. The minimum Gasteiger partial charge on any atom is -0.550 e. The second kappa shape index (κ2) is 13.4. The molecule has 0 saturated carbocycles. The molecule has 1 amide bonds. The summed E-state index contributed by atoms with van der Waals surface area (Å²) in [6.07, 6.45) is 0.140. The molecule has 182 valence electrons. The lowest BCUT2D eigenvalue weighted by Crippen LogP contribution is -2.50. The van der Waals surface area contributed by atoms with E-state index < -0.39 is 23.8 Å². The molecular formula is C23H35F3N2O4. The minimum atomic E-state index is -4.33. The average Bonchev–Trinajstić information content (AvgIpc) is 2.64. The van der Waals surface area contributed by atoms with E-state index in [9.17, 15) is 27.9 Å². The predicted octanol–water partition coefficient (Wildman–Crippen LogP) is 2.89. The molecule has 0 radical (unpaired) electrons. The number of hydrogen-bond donors (Lipinski definition) is 1. The van der Waals surface area contributed by atoms with Crippen molar-refractivity contribution in [3.63, 3.8) is 0 Å². The van der Waals surface area contributed by atoms with E-state index in [0.717, 1.165) is 44.2 Å². The van der Waals surface area contributed by atoms with Gasteiger partial charge in [-0.3, -0.25) is 4.79 Å². The van der Waals surface area contributed by atoms with Gasteiger partial charge in [0.15, 0.2) is 0 Å². The van der Waals surface area contributed by atoms with Gasteiger partial charge in [-0.25, -0.2) is 0 Å². The van der Waals surface area contributed by atoms with Crippen LogP contribution in [0.2, 0.25) is 0 Å². The Bertz CT molecular complexity index is 701. The van der Waals surface area contributed by atoms with Crippen LogP contribution >= 0.6 is 0 Å². The summed E-state index contributed by atoms with van der Waals surface area (Å²) in [5, 5.41) is 13.7. The number of benzene rings is 1. The molecule has 1 rings (SSSR count). The Labute approximate surface area is 188 Å². The largest absolute Gasteiger partial charge is 0.550 e. The second-order valence-corrected chi connectivity index (χ2v) is 9.08. The molecule has 1 aromatic carbocycles. The number of likely N-dealkylation sites (N-methyl/N-ethyl adjacent to an activating group) is 1. The van der Waals surface area contributed by atoms with Crippen molar-refractivity contribution in [2.24, 2.45) is 0 Å². The molecule has 0 aromatic heterocycles. The van der Waals surface area contributed by atoms with E-state index in [2.05, 4.69) is 5.32 Å². The summed E-state index contributed by atoms with van der Waals surface area (Å²) in [5.74, 6) is -1.33. The maximum absolute atomic E-state index is 12.5. The fraction of sp³-hybridized carbons (Fsp3) is 0.652. The highest BCUT2D eigenvalue weighted by Crippen LogP contribution is 2.29. The van der Waals surface area contributed by atoms with E-state index in [1.54, 1.807) is 0 Å². The van der Waals surface area contributed by atoms with Gasteiger partial charge in [-0.05, 0) is 30.5 Å². The number of rotatable bonds is 15. The van der Waals surface area contributed by atoms with Crippen LogP contribution in [0.25, 0.3) is 0 Å². The summed E-state index contributed by atoms with van der Waals surface area (Å²) in [6.45, 7) is 1.31. The predicted molar refractivity (Wildman–Crippen MR) is 113 cm³/mol. The molecule has 0 aliphatic carbocycles. The first-order chi connectivity index (χ1) is 14.9. The molecule has 32 heavy (non-hydrogen) atoms. The van der Waals surface area contributed by atoms with Gasteiger partial charge < -0.3 is 24.4 Å². The quantitative estimate of drug-likeness (QED) is 0.323. The Morgan fingerprint density at radius 2 is 1.62 bits per heavy atom. The van der Waals surface area contributed by atoms with Gasteiger partial charge in [0, 0.05) is 25.4 Å². The SMILES string of the molecule is C[N+](C)(C)CC(CC(=O)[O-])NC(=O)CCCCCCCOCc1ccc(C(F)(F)F)cc1. The highest BCUT2D eigenvalue weighted by Gasteiger charge is 2.29. The van der Waals surface area contributed by atoms with E-state index in [4.69, 9.17) is 4.74 Å². The van der Waals surface area contributed by atoms with Gasteiger partial charge >= 0.3 is 6.18 Å². The molecule has 0 bridgehead atoms. The highest BCUT2D eigenvalue weighted by molar-refractivity contribution is 5.77.